The van der Waals surface area contributed by atoms with Gasteiger partial charge in [0.2, 0.25) is 14.0 Å². The molecule has 2 saturated heterocycles. The molecule has 0 aromatic carbocycles. The number of hydrogen-bond donors (Lipinski definition) is 7. The smallest absolute Gasteiger partial charge is 0.394 e. The van der Waals surface area contributed by atoms with Crippen LogP contribution in [0.25, 0.3) is 22.3 Å². The van der Waals surface area contributed by atoms with E-state index in [0.29, 0.717) is 0 Å². The van der Waals surface area contributed by atoms with Gasteiger partial charge >= 0.3 is 7.82 Å². The first-order valence-electron chi connectivity index (χ1n) is 13.3. The molecule has 46 heavy (non-hydrogen) atoms. The molecule has 0 saturated carbocycles. The molecule has 4 aromatic rings. The number of rotatable bonds is 11. The number of phosphoric acid groups is 1. The zero-order valence-electron chi connectivity index (χ0n) is 23.1. The van der Waals surface area contributed by atoms with Crippen LogP contribution in [0.3, 0.4) is 0 Å². The maximum Gasteiger partial charge on any atom is 0.472 e. The highest BCUT2D eigenvalue weighted by Gasteiger charge is 2.52. The molecule has 22 nitrogen and oxygen atoms in total. The lowest BCUT2D eigenvalue weighted by Gasteiger charge is -2.24. The van der Waals surface area contributed by atoms with E-state index < -0.39 is 90.1 Å². The molecule has 0 aliphatic carbocycles. The number of halogens is 1. The van der Waals surface area contributed by atoms with Crippen molar-refractivity contribution in [2.75, 3.05) is 31.0 Å². The van der Waals surface area contributed by atoms with Gasteiger partial charge in [-0.2, -0.15) is 4.98 Å². The maximum absolute atomic E-state index is 15.7. The van der Waals surface area contributed by atoms with Crippen LogP contribution in [-0.4, -0.2) is 115 Å². The minimum absolute atomic E-state index is 0.0434. The second kappa shape index (κ2) is 12.6. The third-order valence-electron chi connectivity index (χ3n) is 7.20. The van der Waals surface area contributed by atoms with Crippen LogP contribution in [0.4, 0.5) is 16.2 Å². The number of aromatic nitrogens is 8. The van der Waals surface area contributed by atoms with Crippen molar-refractivity contribution in [1.82, 2.24) is 39.0 Å². The lowest BCUT2D eigenvalue weighted by atomic mass is 10.1. The summed E-state index contributed by atoms with van der Waals surface area (Å²) in [4.78, 5) is 54.0. The van der Waals surface area contributed by atoms with Crippen LogP contribution in [0.2, 0.25) is 0 Å². The minimum atomic E-state index is -5.18. The number of H-pyrrole nitrogens is 1. The van der Waals surface area contributed by atoms with Gasteiger partial charge in [-0.05, 0) is 0 Å². The van der Waals surface area contributed by atoms with Crippen molar-refractivity contribution in [2.24, 2.45) is 0 Å². The van der Waals surface area contributed by atoms with Gasteiger partial charge in [-0.3, -0.25) is 32.5 Å². The molecule has 10 atom stereocenters. The fourth-order valence-corrected chi connectivity index (χ4v) is 6.48. The lowest BCUT2D eigenvalue weighted by Crippen LogP contribution is -2.37. The Morgan fingerprint density at radius 1 is 1.07 bits per heavy atom. The Hall–Kier alpha value is -3.47. The van der Waals surface area contributed by atoms with E-state index in [2.05, 4.69) is 29.9 Å². The maximum atomic E-state index is 15.7. The van der Waals surface area contributed by atoms with Gasteiger partial charge in [0.15, 0.2) is 41.3 Å². The van der Waals surface area contributed by atoms with Gasteiger partial charge in [-0.25, -0.2) is 28.9 Å². The zero-order valence-corrected chi connectivity index (χ0v) is 25.0. The number of aliphatic hydroxyl groups excluding tert-OH is 2. The molecule has 6 rings (SSSR count). The molecular weight excluding hydrogens is 665 g/mol. The molecule has 25 heteroatoms. The van der Waals surface area contributed by atoms with E-state index in [9.17, 15) is 33.9 Å². The summed E-state index contributed by atoms with van der Waals surface area (Å²) in [6, 6.07) is 0. The second-order valence-electron chi connectivity index (χ2n) is 10.1. The van der Waals surface area contributed by atoms with E-state index in [-0.39, 0.29) is 34.1 Å². The molecule has 0 bridgehead atoms. The number of anilines is 2. The van der Waals surface area contributed by atoms with Gasteiger partial charge in [-0.1, -0.05) is 0 Å². The van der Waals surface area contributed by atoms with Gasteiger partial charge in [0.05, 0.1) is 25.9 Å². The van der Waals surface area contributed by atoms with Crippen LogP contribution < -0.4 is 17.0 Å². The normalized spacial score (nSPS) is 30.3. The average molecular weight is 692 g/mol. The van der Waals surface area contributed by atoms with Crippen LogP contribution in [-0.2, 0) is 32.4 Å². The summed E-state index contributed by atoms with van der Waals surface area (Å²) in [6.07, 6.45) is -10.0. The number of aliphatic hydroxyl groups is 2. The van der Waals surface area contributed by atoms with Crippen molar-refractivity contribution >= 4 is 49.9 Å². The first-order valence-corrected chi connectivity index (χ1v) is 16.3. The summed E-state index contributed by atoms with van der Waals surface area (Å²) in [7, 11) is -8.36. The standard InChI is InChI=1S/C21H27FN10O12P2/c22-9-13(7(1-33)42-19(9)32-5-28-11-17(32)29-21(24)30-18(11)35)44-46(38,39)41-2-8-14(40-6-45(36)37)12(34)20(43-8)31-4-27-10-15(23)25-3-26-16(10)31/h3-5,7-9,12-14,19-20,33-34,45H,1-2,6H2,(H,36,37)(H,38,39)(H2,23,25,26)(H3,24,29,30,35)/t7-,8-,9?,12?,13?,14?,19-,20-/m1/s1. The summed E-state index contributed by atoms with van der Waals surface area (Å²) >= 11 is 0. The number of imidazole rings is 2. The number of nitrogens with one attached hydrogen (secondary N) is 1. The summed E-state index contributed by atoms with van der Waals surface area (Å²) < 4.78 is 69.3. The molecule has 0 radical (unpaired) electrons. The van der Waals surface area contributed by atoms with Crippen LogP contribution in [0.1, 0.15) is 12.5 Å². The second-order valence-corrected chi connectivity index (χ2v) is 12.6. The molecule has 4 aromatic heterocycles. The summed E-state index contributed by atoms with van der Waals surface area (Å²) in [5, 5.41) is 20.8. The van der Waals surface area contributed by atoms with E-state index in [1.807, 2.05) is 0 Å². The van der Waals surface area contributed by atoms with Crippen molar-refractivity contribution in [3.63, 3.8) is 0 Å². The number of phosphoric ester groups is 1. The lowest BCUT2D eigenvalue weighted by molar-refractivity contribution is -0.0621. The minimum Gasteiger partial charge on any atom is -0.394 e. The van der Waals surface area contributed by atoms with E-state index in [0.717, 1.165) is 17.2 Å². The van der Waals surface area contributed by atoms with Crippen molar-refractivity contribution in [2.45, 2.75) is 49.1 Å². The molecule has 0 spiro atoms. The number of nitrogens with two attached hydrogens (primary N) is 2. The SMILES string of the molecule is Nc1nc2c(ncn2[C@@H]2O[C@H](CO)C(OP(=O)(O)OC[C@H]3O[C@@H](n4cnc5c(N)ncnc54)C(O)C3OC[PH](=O)O)C2F)c(=O)[nH]1. The van der Waals surface area contributed by atoms with E-state index in [1.165, 1.54) is 10.9 Å². The number of nitrogens with zero attached hydrogens (tertiary/aromatic N) is 7. The molecule has 9 N–H and O–H groups in total. The molecule has 0 amide bonds. The van der Waals surface area contributed by atoms with E-state index in [1.54, 1.807) is 0 Å². The Morgan fingerprint density at radius 2 is 1.76 bits per heavy atom. The van der Waals surface area contributed by atoms with Gasteiger partial charge < -0.3 is 45.7 Å². The monoisotopic (exact) mass is 692 g/mol. The predicted molar refractivity (Wildman–Crippen MR) is 150 cm³/mol. The molecule has 2 aliphatic rings. The highest BCUT2D eigenvalue weighted by molar-refractivity contribution is 7.47. The first kappa shape index (κ1) is 32.5. The third kappa shape index (κ3) is 6.02. The highest BCUT2D eigenvalue weighted by Crippen LogP contribution is 2.50. The van der Waals surface area contributed by atoms with Gasteiger partial charge in [0.1, 0.15) is 48.7 Å². The number of hydrogen-bond acceptors (Lipinski definition) is 17. The van der Waals surface area contributed by atoms with Crippen molar-refractivity contribution in [3.8, 4) is 0 Å². The van der Waals surface area contributed by atoms with E-state index >= 15 is 4.39 Å². The Labute approximate surface area is 255 Å². The van der Waals surface area contributed by atoms with Crippen molar-refractivity contribution < 1.29 is 56.8 Å². The fourth-order valence-electron chi connectivity index (χ4n) is 5.19. The number of fused-ring (bicyclic) bond motifs is 2. The van der Waals surface area contributed by atoms with Crippen molar-refractivity contribution in [1.29, 1.82) is 0 Å². The quantitative estimate of drug-likeness (QED) is 0.0829. The van der Waals surface area contributed by atoms with Crippen LogP contribution in [0.5, 0.6) is 0 Å². The fraction of sp³-hybridized carbons (Fsp3) is 0.524. The number of ether oxygens (including phenoxy) is 3. The summed E-state index contributed by atoms with van der Waals surface area (Å²) in [5.74, 6) is -0.247. The average Bonchev–Trinajstić information content (AvgIpc) is 3.76. The molecule has 2 aliphatic heterocycles. The largest absolute Gasteiger partial charge is 0.472 e. The Kier molecular flexibility index (Phi) is 8.91. The van der Waals surface area contributed by atoms with Crippen LogP contribution in [0.15, 0.2) is 23.8 Å². The number of nitrogen functional groups attached to an aromatic ring is 2. The molecule has 6 heterocycles. The van der Waals surface area contributed by atoms with Crippen molar-refractivity contribution in [3.05, 3.63) is 29.3 Å². The first-order chi connectivity index (χ1) is 21.9. The van der Waals surface area contributed by atoms with Crippen LogP contribution >= 0.6 is 15.9 Å². The summed E-state index contributed by atoms with van der Waals surface area (Å²) in [5.41, 5.74) is 10.7. The Morgan fingerprint density at radius 3 is 2.48 bits per heavy atom. The van der Waals surface area contributed by atoms with Gasteiger partial charge in [0, 0.05) is 0 Å². The number of alkyl halides is 1. The van der Waals surface area contributed by atoms with Gasteiger partial charge in [-0.15, -0.1) is 0 Å². The van der Waals surface area contributed by atoms with Gasteiger partial charge in [0.25, 0.3) is 5.56 Å². The van der Waals surface area contributed by atoms with Crippen LogP contribution in [0, 0.1) is 0 Å². The zero-order chi connectivity index (χ0) is 32.9. The molecule has 250 valence electrons. The number of aromatic amines is 1. The third-order valence-corrected chi connectivity index (χ3v) is 8.60. The molecule has 2 fully saturated rings. The predicted octanol–water partition coefficient (Wildman–Crippen LogP) is -2.08. The topological polar surface area (TPSA) is 320 Å². The summed E-state index contributed by atoms with van der Waals surface area (Å²) in [6.45, 7) is -1.66. The van der Waals surface area contributed by atoms with E-state index in [4.69, 9.17) is 34.7 Å². The molecule has 6 unspecified atom stereocenters. The Bertz CT molecular complexity index is 1880. The highest BCUT2D eigenvalue weighted by atomic mass is 31.2. The Balaban J connectivity index is 1.18. The molecular formula is C21H27FN10O12P2.